The van der Waals surface area contributed by atoms with Gasteiger partial charge in [-0.25, -0.2) is 21.2 Å². The first-order valence-electron chi connectivity index (χ1n) is 14.0. The van der Waals surface area contributed by atoms with E-state index in [0.717, 1.165) is 5.56 Å². The van der Waals surface area contributed by atoms with Gasteiger partial charge in [0.1, 0.15) is 5.82 Å². The number of anilines is 4. The standard InChI is InChI=1S/C31H34FN7O4S2/c1-6-44(40,41)26-14-9-23(10-15-26)21(4)36-38-29-19-30(35-31(34-29)33-28-18-25(32)13-8-20(28)3)39-37-22(5)24-11-16-27(17-12-24)45(42,43)7-2/h8-19H,6-7H2,1-5H3,(H3,33,34,35,38,39). The zero-order valence-corrected chi connectivity index (χ0v) is 27.1. The highest BCUT2D eigenvalue weighted by Crippen LogP contribution is 2.23. The summed E-state index contributed by atoms with van der Waals surface area (Å²) >= 11 is 0. The molecule has 4 aromatic rings. The molecule has 236 valence electrons. The van der Waals surface area contributed by atoms with Crippen molar-refractivity contribution in [1.29, 1.82) is 0 Å². The van der Waals surface area contributed by atoms with Gasteiger partial charge in [0.25, 0.3) is 0 Å². The number of aryl methyl sites for hydroxylation is 1. The van der Waals surface area contributed by atoms with Crippen molar-refractivity contribution in [1.82, 2.24) is 9.97 Å². The second-order valence-corrected chi connectivity index (χ2v) is 14.6. The maximum Gasteiger partial charge on any atom is 0.231 e. The highest BCUT2D eigenvalue weighted by molar-refractivity contribution is 7.91. The van der Waals surface area contributed by atoms with Crippen molar-refractivity contribution >= 4 is 54.4 Å². The molecule has 14 heteroatoms. The summed E-state index contributed by atoms with van der Waals surface area (Å²) < 4.78 is 62.5. The minimum Gasteiger partial charge on any atom is -0.324 e. The zero-order chi connectivity index (χ0) is 32.8. The first kappa shape index (κ1) is 33.2. The fraction of sp³-hybridized carbons (Fsp3) is 0.226. The minimum absolute atomic E-state index is 0.00963. The predicted octanol–water partition coefficient (Wildman–Crippen LogP) is 5.93. The number of hydrazone groups is 2. The Morgan fingerprint density at radius 2 is 1.16 bits per heavy atom. The highest BCUT2D eigenvalue weighted by atomic mass is 32.2. The van der Waals surface area contributed by atoms with E-state index in [2.05, 4.69) is 36.3 Å². The van der Waals surface area contributed by atoms with Crippen LogP contribution in [-0.4, -0.2) is 49.7 Å². The van der Waals surface area contributed by atoms with E-state index in [1.54, 1.807) is 88.4 Å². The van der Waals surface area contributed by atoms with Crippen molar-refractivity contribution < 1.29 is 21.2 Å². The third-order valence-corrected chi connectivity index (χ3v) is 10.4. The lowest BCUT2D eigenvalue weighted by molar-refractivity contribution is 0.595. The molecule has 0 fully saturated rings. The normalized spacial score (nSPS) is 12.6. The molecule has 0 spiro atoms. The fourth-order valence-electron chi connectivity index (χ4n) is 4.02. The van der Waals surface area contributed by atoms with Gasteiger partial charge in [-0.2, -0.15) is 20.2 Å². The number of hydrogen-bond acceptors (Lipinski definition) is 11. The zero-order valence-electron chi connectivity index (χ0n) is 25.5. The summed E-state index contributed by atoms with van der Waals surface area (Å²) in [6.07, 6.45) is 0. The summed E-state index contributed by atoms with van der Waals surface area (Å²) in [5, 5.41) is 11.8. The Morgan fingerprint density at radius 3 is 1.58 bits per heavy atom. The molecule has 0 bridgehead atoms. The Balaban J connectivity index is 1.61. The number of benzene rings is 3. The first-order chi connectivity index (χ1) is 21.3. The van der Waals surface area contributed by atoms with E-state index >= 15 is 0 Å². The average molecular weight is 652 g/mol. The molecule has 0 radical (unpaired) electrons. The Bertz CT molecular complexity index is 1850. The topological polar surface area (TPSA) is 155 Å². The minimum atomic E-state index is -3.32. The van der Waals surface area contributed by atoms with E-state index in [1.165, 1.54) is 12.1 Å². The Kier molecular flexibility index (Phi) is 10.3. The number of sulfone groups is 2. The van der Waals surface area contributed by atoms with Crippen molar-refractivity contribution in [3.63, 3.8) is 0 Å². The van der Waals surface area contributed by atoms with Gasteiger partial charge in [0, 0.05) is 11.8 Å². The van der Waals surface area contributed by atoms with E-state index in [0.29, 0.717) is 28.2 Å². The Morgan fingerprint density at radius 1 is 0.711 bits per heavy atom. The van der Waals surface area contributed by atoms with Crippen molar-refractivity contribution in [3.8, 4) is 0 Å². The van der Waals surface area contributed by atoms with Gasteiger partial charge in [-0.3, -0.25) is 10.9 Å². The molecule has 11 nitrogen and oxygen atoms in total. The molecule has 0 saturated carbocycles. The number of rotatable bonds is 12. The van der Waals surface area contributed by atoms with Gasteiger partial charge in [0.15, 0.2) is 31.3 Å². The molecular weight excluding hydrogens is 618 g/mol. The van der Waals surface area contributed by atoms with Gasteiger partial charge < -0.3 is 5.32 Å². The smallest absolute Gasteiger partial charge is 0.231 e. The maximum atomic E-state index is 14.0. The van der Waals surface area contributed by atoms with Gasteiger partial charge in [-0.05, 0) is 73.9 Å². The monoisotopic (exact) mass is 651 g/mol. The van der Waals surface area contributed by atoms with E-state index in [4.69, 9.17) is 0 Å². The van der Waals surface area contributed by atoms with E-state index in [9.17, 15) is 21.2 Å². The van der Waals surface area contributed by atoms with E-state index in [1.807, 2.05) is 6.92 Å². The van der Waals surface area contributed by atoms with Gasteiger partial charge in [-0.15, -0.1) is 0 Å². The van der Waals surface area contributed by atoms with Crippen LogP contribution in [0.3, 0.4) is 0 Å². The molecule has 0 aliphatic rings. The molecule has 0 aliphatic carbocycles. The molecule has 1 aromatic heterocycles. The summed E-state index contributed by atoms with van der Waals surface area (Å²) in [7, 11) is -6.64. The average Bonchev–Trinajstić information content (AvgIpc) is 3.04. The maximum absolute atomic E-state index is 14.0. The largest absolute Gasteiger partial charge is 0.324 e. The number of halogens is 1. The van der Waals surface area contributed by atoms with Crippen LogP contribution in [0.15, 0.2) is 92.8 Å². The molecule has 45 heavy (non-hydrogen) atoms. The molecule has 0 amide bonds. The van der Waals surface area contributed by atoms with Crippen LogP contribution in [0.5, 0.6) is 0 Å². The van der Waals surface area contributed by atoms with Crippen LogP contribution in [0.4, 0.5) is 27.7 Å². The highest BCUT2D eigenvalue weighted by Gasteiger charge is 2.13. The molecule has 4 rings (SSSR count). The Hall–Kier alpha value is -4.69. The van der Waals surface area contributed by atoms with E-state index < -0.39 is 25.5 Å². The van der Waals surface area contributed by atoms with Crippen molar-refractivity contribution in [2.24, 2.45) is 10.2 Å². The molecule has 1 heterocycles. The van der Waals surface area contributed by atoms with Crippen molar-refractivity contribution in [2.75, 3.05) is 27.7 Å². The van der Waals surface area contributed by atoms with Gasteiger partial charge in [-0.1, -0.05) is 44.2 Å². The van der Waals surface area contributed by atoms with Crippen LogP contribution >= 0.6 is 0 Å². The summed E-state index contributed by atoms with van der Waals surface area (Å²) in [5.74, 6) is 0.309. The quantitative estimate of drug-likeness (QED) is 0.125. The van der Waals surface area contributed by atoms with Crippen molar-refractivity contribution in [3.05, 3.63) is 95.3 Å². The second-order valence-electron chi connectivity index (χ2n) is 10.0. The summed E-state index contributed by atoms with van der Waals surface area (Å²) in [5.41, 5.74) is 9.59. The van der Waals surface area contributed by atoms with Crippen LogP contribution in [-0.2, 0) is 19.7 Å². The van der Waals surface area contributed by atoms with Crippen molar-refractivity contribution in [2.45, 2.75) is 44.4 Å². The van der Waals surface area contributed by atoms with Crippen LogP contribution in [0.2, 0.25) is 0 Å². The van der Waals surface area contributed by atoms with Gasteiger partial charge in [0.2, 0.25) is 5.95 Å². The summed E-state index contributed by atoms with van der Waals surface area (Å²) in [4.78, 5) is 9.40. The van der Waals surface area contributed by atoms with Gasteiger partial charge >= 0.3 is 0 Å². The number of nitrogens with zero attached hydrogens (tertiary/aromatic N) is 4. The Labute approximate surface area is 262 Å². The van der Waals surface area contributed by atoms with Gasteiger partial charge in [0.05, 0.1) is 32.7 Å². The third-order valence-electron chi connectivity index (χ3n) is 6.87. The SMILES string of the molecule is CCS(=O)(=O)c1ccc(C(C)=NNc2cc(NN=C(C)c3ccc(S(=O)(=O)CC)cc3)nc(Nc3cc(F)ccc3C)n2)cc1. The number of nitrogens with one attached hydrogen (secondary N) is 3. The van der Waals surface area contributed by atoms with Crippen LogP contribution < -0.4 is 16.2 Å². The lowest BCUT2D eigenvalue weighted by atomic mass is 10.1. The predicted molar refractivity (Wildman–Crippen MR) is 176 cm³/mol. The number of hydrogen-bond donors (Lipinski definition) is 3. The van der Waals surface area contributed by atoms with E-state index in [-0.39, 0.29) is 38.9 Å². The molecule has 0 saturated heterocycles. The third kappa shape index (κ3) is 8.48. The molecule has 3 N–H and O–H groups in total. The molecule has 0 aliphatic heterocycles. The number of aromatic nitrogens is 2. The van der Waals surface area contributed by atoms with Crippen LogP contribution in [0.1, 0.15) is 44.4 Å². The van der Waals surface area contributed by atoms with Crippen LogP contribution in [0.25, 0.3) is 0 Å². The second kappa shape index (κ2) is 13.9. The summed E-state index contributed by atoms with van der Waals surface area (Å²) in [6, 6.07) is 18.8. The van der Waals surface area contributed by atoms with Crippen LogP contribution in [0, 0.1) is 12.7 Å². The summed E-state index contributed by atoms with van der Waals surface area (Å²) in [6.45, 7) is 8.52. The molecule has 0 unspecified atom stereocenters. The molecule has 3 aromatic carbocycles. The lowest BCUT2D eigenvalue weighted by Gasteiger charge is -2.12. The fourth-order valence-corrected chi connectivity index (χ4v) is 5.79. The molecule has 0 atom stereocenters. The lowest BCUT2D eigenvalue weighted by Crippen LogP contribution is -2.08. The first-order valence-corrected chi connectivity index (χ1v) is 17.3. The molecular formula is C31H34FN7O4S2.